The summed E-state index contributed by atoms with van der Waals surface area (Å²) < 4.78 is 60.9. The van der Waals surface area contributed by atoms with E-state index in [1.165, 1.54) is 128 Å². The summed E-state index contributed by atoms with van der Waals surface area (Å²) in [7, 11) is -9.81. The number of unbranched alkanes of at least 4 members (excludes halogenated alkanes) is 27. The lowest BCUT2D eigenvalue weighted by Crippen LogP contribution is -2.30. The van der Waals surface area contributed by atoms with Crippen molar-refractivity contribution >= 4 is 33.6 Å². The Bertz CT molecular complexity index is 2330. The van der Waals surface area contributed by atoms with Crippen LogP contribution in [0, 0.1) is 0 Å². The van der Waals surface area contributed by atoms with Crippen molar-refractivity contribution in [3.8, 4) is 0 Å². The SMILES string of the molecule is CC/C=C\C/C=C\C/C=C\C/C=C\C/C=C\C/C=C\CCC(=O)OCC(COP(=O)(O)OCC(O)COP(=O)(O)OCC(O)COC(=O)CCCCCCCCCCCCCCCCC/C=C\C/C=C\C/C=C\C/C=C\CCCCC)OC(=O)CCCCCCC/C=C\CCCCCC. The molecule has 0 aliphatic heterocycles. The van der Waals surface area contributed by atoms with Crippen LogP contribution < -0.4 is 0 Å². The number of carbonyl (C=O) groups excluding carboxylic acids is 3. The fraction of sp³-hybridized carbons (Fsp3) is 0.691. The van der Waals surface area contributed by atoms with Gasteiger partial charge in [0.25, 0.3) is 0 Å². The molecule has 16 nitrogen and oxygen atoms in total. The van der Waals surface area contributed by atoms with E-state index in [-0.39, 0.29) is 19.3 Å². The number of allylic oxidation sites excluding steroid dienone is 22. The molecule has 0 rings (SSSR count). The van der Waals surface area contributed by atoms with E-state index >= 15 is 0 Å². The summed E-state index contributed by atoms with van der Waals surface area (Å²) in [5.74, 6) is -1.68. The highest BCUT2D eigenvalue weighted by molar-refractivity contribution is 7.47. The number of phosphoric acid groups is 2. The zero-order valence-corrected chi connectivity index (χ0v) is 63.7. The number of esters is 3. The summed E-state index contributed by atoms with van der Waals surface area (Å²) >= 11 is 0. The van der Waals surface area contributed by atoms with Gasteiger partial charge in [0.15, 0.2) is 6.10 Å². The van der Waals surface area contributed by atoms with Gasteiger partial charge in [-0.25, -0.2) is 9.13 Å². The number of hydrogen-bond donors (Lipinski definition) is 4. The zero-order valence-electron chi connectivity index (χ0n) is 61.9. The fourth-order valence-electron chi connectivity index (χ4n) is 9.99. The van der Waals surface area contributed by atoms with Gasteiger partial charge in [0, 0.05) is 19.3 Å². The van der Waals surface area contributed by atoms with Crippen molar-refractivity contribution in [2.45, 2.75) is 322 Å². The number of ether oxygens (including phenoxy) is 3. The van der Waals surface area contributed by atoms with Crippen LogP contribution in [0.25, 0.3) is 0 Å². The van der Waals surface area contributed by atoms with E-state index in [0.29, 0.717) is 25.7 Å². The van der Waals surface area contributed by atoms with Crippen molar-refractivity contribution in [3.63, 3.8) is 0 Å². The number of aliphatic hydroxyl groups excluding tert-OH is 2. The Labute approximate surface area is 601 Å². The molecular formula is C81H138O16P2. The molecule has 0 aromatic rings. The van der Waals surface area contributed by atoms with E-state index in [4.69, 9.17) is 32.3 Å². The van der Waals surface area contributed by atoms with E-state index in [0.717, 1.165) is 109 Å². The fourth-order valence-corrected chi connectivity index (χ4v) is 11.6. The van der Waals surface area contributed by atoms with Crippen LogP contribution in [0.3, 0.4) is 0 Å². The van der Waals surface area contributed by atoms with Crippen molar-refractivity contribution in [2.75, 3.05) is 39.6 Å². The summed E-state index contributed by atoms with van der Waals surface area (Å²) in [5, 5.41) is 20.6. The van der Waals surface area contributed by atoms with E-state index < -0.39 is 91.5 Å². The van der Waals surface area contributed by atoms with Gasteiger partial charge in [-0.15, -0.1) is 0 Å². The first-order chi connectivity index (χ1) is 48.2. The summed E-state index contributed by atoms with van der Waals surface area (Å²) in [5.41, 5.74) is 0. The lowest BCUT2D eigenvalue weighted by Gasteiger charge is -2.21. The smallest absolute Gasteiger partial charge is 0.463 e. The number of phosphoric ester groups is 2. The second-order valence-corrected chi connectivity index (χ2v) is 28.3. The summed E-state index contributed by atoms with van der Waals surface area (Å²) in [4.78, 5) is 58.5. The minimum Gasteiger partial charge on any atom is -0.463 e. The third-order valence-electron chi connectivity index (χ3n) is 15.8. The Hall–Kier alpha value is -4.31. The van der Waals surface area contributed by atoms with Crippen LogP contribution >= 0.6 is 15.6 Å². The minimum absolute atomic E-state index is 0.0411. The van der Waals surface area contributed by atoms with Gasteiger partial charge in [-0.05, 0) is 128 Å². The third kappa shape index (κ3) is 74.7. The first-order valence-electron chi connectivity index (χ1n) is 38.5. The first kappa shape index (κ1) is 94.7. The molecule has 0 saturated heterocycles. The maximum absolute atomic E-state index is 12.9. The Morgan fingerprint density at radius 2 is 0.556 bits per heavy atom. The molecule has 5 unspecified atom stereocenters. The van der Waals surface area contributed by atoms with Crippen LogP contribution in [0.15, 0.2) is 134 Å². The first-order valence-corrected chi connectivity index (χ1v) is 41.5. The lowest BCUT2D eigenvalue weighted by molar-refractivity contribution is -0.161. The summed E-state index contributed by atoms with van der Waals surface area (Å²) in [6, 6.07) is 0. The number of aliphatic hydroxyl groups is 2. The lowest BCUT2D eigenvalue weighted by atomic mass is 10.0. The largest absolute Gasteiger partial charge is 0.472 e. The van der Waals surface area contributed by atoms with Crippen LogP contribution in [-0.4, -0.2) is 95.9 Å². The Kier molecular flexibility index (Phi) is 70.2. The molecule has 0 spiro atoms. The van der Waals surface area contributed by atoms with E-state index in [1.807, 2.05) is 18.2 Å². The molecule has 0 aromatic heterocycles. The number of rotatable bonds is 72. The molecule has 18 heteroatoms. The van der Waals surface area contributed by atoms with Crippen molar-refractivity contribution in [1.29, 1.82) is 0 Å². The molecule has 0 bridgehead atoms. The molecule has 0 aliphatic rings. The van der Waals surface area contributed by atoms with Gasteiger partial charge in [0.05, 0.1) is 26.4 Å². The van der Waals surface area contributed by atoms with Crippen LogP contribution in [0.2, 0.25) is 0 Å². The molecule has 0 heterocycles. The number of carbonyl (C=O) groups is 3. The molecule has 0 aromatic carbocycles. The Balaban J connectivity index is 4.49. The van der Waals surface area contributed by atoms with Crippen LogP contribution in [0.5, 0.6) is 0 Å². The quantitative estimate of drug-likeness (QED) is 0.0146. The van der Waals surface area contributed by atoms with Gasteiger partial charge >= 0.3 is 33.6 Å². The molecule has 0 amide bonds. The second kappa shape index (κ2) is 73.4. The molecule has 0 aliphatic carbocycles. The van der Waals surface area contributed by atoms with Crippen LogP contribution in [-0.2, 0) is 55.8 Å². The van der Waals surface area contributed by atoms with Crippen LogP contribution in [0.4, 0.5) is 0 Å². The van der Waals surface area contributed by atoms with E-state index in [9.17, 15) is 43.5 Å². The van der Waals surface area contributed by atoms with E-state index in [1.54, 1.807) is 0 Å². The second-order valence-electron chi connectivity index (χ2n) is 25.4. The highest BCUT2D eigenvalue weighted by Crippen LogP contribution is 2.45. The topological polar surface area (TPSA) is 231 Å². The predicted molar refractivity (Wildman–Crippen MR) is 408 cm³/mol. The third-order valence-corrected chi connectivity index (χ3v) is 17.7. The maximum atomic E-state index is 12.9. The number of hydrogen-bond acceptors (Lipinski definition) is 14. The Morgan fingerprint density at radius 3 is 0.939 bits per heavy atom. The van der Waals surface area contributed by atoms with Gasteiger partial charge < -0.3 is 34.2 Å². The van der Waals surface area contributed by atoms with Gasteiger partial charge in [-0.1, -0.05) is 289 Å². The Morgan fingerprint density at radius 1 is 0.293 bits per heavy atom. The van der Waals surface area contributed by atoms with Crippen molar-refractivity contribution in [3.05, 3.63) is 134 Å². The maximum Gasteiger partial charge on any atom is 0.472 e. The molecule has 0 radical (unpaired) electrons. The highest BCUT2D eigenvalue weighted by atomic mass is 31.2. The zero-order chi connectivity index (χ0) is 72.3. The highest BCUT2D eigenvalue weighted by Gasteiger charge is 2.29. The average molecular weight is 1430 g/mol. The van der Waals surface area contributed by atoms with Crippen molar-refractivity contribution < 1.29 is 75.8 Å². The van der Waals surface area contributed by atoms with Gasteiger partial charge in [-0.3, -0.25) is 32.5 Å². The molecule has 5 atom stereocenters. The predicted octanol–water partition coefficient (Wildman–Crippen LogP) is 22.3. The van der Waals surface area contributed by atoms with Gasteiger partial charge in [-0.2, -0.15) is 0 Å². The summed E-state index contributed by atoms with van der Waals surface area (Å²) in [6.45, 7) is 2.42. The molecule has 4 N–H and O–H groups in total. The van der Waals surface area contributed by atoms with Crippen LogP contribution in [0.1, 0.15) is 303 Å². The monoisotopic (exact) mass is 1430 g/mol. The van der Waals surface area contributed by atoms with Crippen molar-refractivity contribution in [2.24, 2.45) is 0 Å². The molecule has 0 fully saturated rings. The molecule has 0 saturated carbocycles. The molecule has 568 valence electrons. The van der Waals surface area contributed by atoms with Gasteiger partial charge in [0.1, 0.15) is 25.4 Å². The van der Waals surface area contributed by atoms with E-state index in [2.05, 4.69) is 136 Å². The van der Waals surface area contributed by atoms with Crippen molar-refractivity contribution in [1.82, 2.24) is 0 Å². The minimum atomic E-state index is -4.95. The standard InChI is InChI=1S/C81H138O16P2/c1-4-7-10-13-16-19-22-25-27-29-31-32-33-34-35-36-37-38-39-40-41-42-44-46-47-50-52-55-58-61-64-67-79(84)91-70-76(82)71-93-98(87,88)94-72-77(83)73-95-99(89,90)96-75-78(97-81(86)69-66-63-60-57-54-49-24-21-18-15-12-9-6-3)74-92-80(85)68-65-62-59-56-53-51-48-45-43-30-28-26-23-20-17-14-11-8-5-2/h8,11,16-17,19-21,24-28,31-32,34-35,43,45,51,53,59,62,76-78,82-83H,4-7,9-10,12-15,18,22-23,29-30,33,36-42,44,46-50,52,54-58,60-61,63-75H2,1-3H3,(H,87,88)(H,89,90)/b11-8-,19-16-,20-17-,24-21-,27-25-,28-26-,32-31-,35-34-,45-43-,53-51-,62-59-. The average Bonchev–Trinajstić information content (AvgIpc) is 1.06. The summed E-state index contributed by atoms with van der Waals surface area (Å²) in [6.07, 6.45) is 88.2. The van der Waals surface area contributed by atoms with Gasteiger partial charge in [0.2, 0.25) is 0 Å². The normalized spacial score (nSPS) is 14.8. The molecular weight excluding hydrogens is 1290 g/mol. The molecule has 99 heavy (non-hydrogen) atoms.